The second-order valence-corrected chi connectivity index (χ2v) is 8.46. The van der Waals surface area contributed by atoms with Gasteiger partial charge in [-0.05, 0) is 36.1 Å². The largest absolute Gasteiger partial charge is 0.478 e. The van der Waals surface area contributed by atoms with Crippen molar-refractivity contribution in [2.45, 2.75) is 39.2 Å². The molecule has 0 amide bonds. The molecule has 2 heterocycles. The maximum atomic E-state index is 11.9. The number of carbonyl (C=O) groups is 2. The molecule has 9 nitrogen and oxygen atoms in total. The fourth-order valence-corrected chi connectivity index (χ4v) is 4.13. The minimum Gasteiger partial charge on any atom is -0.478 e. The standard InChI is InChI=1S/C23H23N3O6S/c1-2-3-6-21-24-13-18(10-17(23(29)30)11-19-5-4-9-33-19)25(21)14-16-8-7-15(22(27)28)12-20(16)26(31)32/h4-5,7-10,12-13H,2-3,6,11,14H2,1H3,(H,27,28)(H,29,30)/b17-10+. The zero-order valence-corrected chi connectivity index (χ0v) is 18.7. The van der Waals surface area contributed by atoms with Crippen molar-refractivity contribution in [1.82, 2.24) is 9.55 Å². The molecule has 10 heteroatoms. The Balaban J connectivity index is 2.05. The van der Waals surface area contributed by atoms with E-state index >= 15 is 0 Å². The number of carboxylic acid groups (broad SMARTS) is 2. The Morgan fingerprint density at radius 1 is 1.27 bits per heavy atom. The molecule has 0 aliphatic heterocycles. The summed E-state index contributed by atoms with van der Waals surface area (Å²) in [5.74, 6) is -1.62. The second-order valence-electron chi connectivity index (χ2n) is 7.43. The molecule has 0 saturated heterocycles. The molecule has 172 valence electrons. The summed E-state index contributed by atoms with van der Waals surface area (Å²) in [5, 5.41) is 32.4. The first kappa shape index (κ1) is 23.9. The monoisotopic (exact) mass is 469 g/mol. The van der Waals surface area contributed by atoms with Gasteiger partial charge in [0.15, 0.2) is 0 Å². The van der Waals surface area contributed by atoms with Crippen molar-refractivity contribution in [1.29, 1.82) is 0 Å². The third kappa shape index (κ3) is 5.92. The Hall–Kier alpha value is -3.79. The van der Waals surface area contributed by atoms with Crippen molar-refractivity contribution in [3.8, 4) is 0 Å². The number of hydrogen-bond acceptors (Lipinski definition) is 6. The van der Waals surface area contributed by atoms with Crippen LogP contribution in [-0.2, 0) is 24.2 Å². The Morgan fingerprint density at radius 3 is 2.67 bits per heavy atom. The topological polar surface area (TPSA) is 136 Å². The molecular weight excluding hydrogens is 446 g/mol. The quantitative estimate of drug-likeness (QED) is 0.237. The van der Waals surface area contributed by atoms with E-state index in [1.54, 1.807) is 16.8 Å². The van der Waals surface area contributed by atoms with Gasteiger partial charge >= 0.3 is 11.9 Å². The number of aliphatic carboxylic acids is 1. The zero-order chi connectivity index (χ0) is 24.0. The predicted octanol–water partition coefficient (Wildman–Crippen LogP) is 4.65. The number of aromatic carboxylic acids is 1. The van der Waals surface area contributed by atoms with E-state index in [0.29, 0.717) is 23.5 Å². The van der Waals surface area contributed by atoms with Crippen molar-refractivity contribution < 1.29 is 24.7 Å². The first-order chi connectivity index (χ1) is 15.8. The van der Waals surface area contributed by atoms with Crippen LogP contribution in [0.3, 0.4) is 0 Å². The molecule has 0 spiro atoms. The molecule has 0 fully saturated rings. The molecule has 0 aliphatic carbocycles. The lowest BCUT2D eigenvalue weighted by Gasteiger charge is -2.12. The van der Waals surface area contributed by atoms with Crippen LogP contribution in [0.2, 0.25) is 0 Å². The highest BCUT2D eigenvalue weighted by Crippen LogP contribution is 2.25. The molecule has 0 atom stereocenters. The number of imidazole rings is 1. The molecule has 0 saturated carbocycles. The smallest absolute Gasteiger partial charge is 0.335 e. The third-order valence-electron chi connectivity index (χ3n) is 5.12. The second kappa shape index (κ2) is 10.7. The van der Waals surface area contributed by atoms with Gasteiger partial charge in [0.05, 0.1) is 28.9 Å². The summed E-state index contributed by atoms with van der Waals surface area (Å²) in [6.07, 6.45) is 5.75. The number of aryl methyl sites for hydroxylation is 1. The Labute approximate surface area is 193 Å². The molecule has 0 unspecified atom stereocenters. The maximum absolute atomic E-state index is 11.9. The number of hydrogen-bond donors (Lipinski definition) is 2. The zero-order valence-electron chi connectivity index (χ0n) is 17.9. The van der Waals surface area contributed by atoms with Crippen molar-refractivity contribution in [2.24, 2.45) is 0 Å². The average molecular weight is 470 g/mol. The van der Waals surface area contributed by atoms with Crippen LogP contribution in [0.4, 0.5) is 5.69 Å². The summed E-state index contributed by atoms with van der Waals surface area (Å²) in [5.41, 5.74) is 0.525. The highest BCUT2D eigenvalue weighted by atomic mass is 32.1. The van der Waals surface area contributed by atoms with Crippen molar-refractivity contribution in [3.63, 3.8) is 0 Å². The van der Waals surface area contributed by atoms with Gasteiger partial charge < -0.3 is 14.8 Å². The van der Waals surface area contributed by atoms with Gasteiger partial charge in [-0.1, -0.05) is 19.4 Å². The fourth-order valence-electron chi connectivity index (χ4n) is 3.40. The van der Waals surface area contributed by atoms with Crippen LogP contribution >= 0.6 is 11.3 Å². The lowest BCUT2D eigenvalue weighted by molar-refractivity contribution is -0.385. The van der Waals surface area contributed by atoms with Crippen molar-refractivity contribution in [3.05, 3.63) is 85.1 Å². The molecular formula is C23H23N3O6S. The van der Waals surface area contributed by atoms with E-state index in [4.69, 9.17) is 0 Å². The van der Waals surface area contributed by atoms with Crippen LogP contribution in [0.5, 0.6) is 0 Å². The molecule has 2 aromatic heterocycles. The highest BCUT2D eigenvalue weighted by Gasteiger charge is 2.20. The first-order valence-corrected chi connectivity index (χ1v) is 11.2. The van der Waals surface area contributed by atoms with Gasteiger partial charge in [-0.15, -0.1) is 11.3 Å². The Kier molecular flexibility index (Phi) is 7.73. The summed E-state index contributed by atoms with van der Waals surface area (Å²) in [4.78, 5) is 39.5. The van der Waals surface area contributed by atoms with E-state index in [2.05, 4.69) is 4.98 Å². The lowest BCUT2D eigenvalue weighted by Crippen LogP contribution is -2.11. The molecule has 1 aromatic carbocycles. The summed E-state index contributed by atoms with van der Waals surface area (Å²) in [7, 11) is 0. The van der Waals surface area contributed by atoms with Gasteiger partial charge in [0.2, 0.25) is 0 Å². The molecule has 3 rings (SSSR count). The van der Waals surface area contributed by atoms with Gasteiger partial charge in [0, 0.05) is 34.9 Å². The SMILES string of the molecule is CCCCc1ncc(/C=C(\Cc2cccs2)C(=O)O)n1Cc1ccc(C(=O)O)cc1[N+](=O)[O-]. The van der Waals surface area contributed by atoms with Gasteiger partial charge in [-0.3, -0.25) is 10.1 Å². The average Bonchev–Trinajstić information content (AvgIpc) is 3.42. The number of nitrogens with zero attached hydrogens (tertiary/aromatic N) is 3. The van der Waals surface area contributed by atoms with E-state index in [-0.39, 0.29) is 29.8 Å². The number of benzene rings is 1. The van der Waals surface area contributed by atoms with Gasteiger partial charge in [-0.2, -0.15) is 0 Å². The lowest BCUT2D eigenvalue weighted by atomic mass is 10.1. The molecule has 0 bridgehead atoms. The molecule has 2 N–H and O–H groups in total. The van der Waals surface area contributed by atoms with E-state index in [1.165, 1.54) is 23.5 Å². The van der Waals surface area contributed by atoms with E-state index in [1.807, 2.05) is 24.4 Å². The van der Waals surface area contributed by atoms with E-state index in [9.17, 15) is 29.9 Å². The third-order valence-corrected chi connectivity index (χ3v) is 6.00. The number of unbranched alkanes of at least 4 members (excludes halogenated alkanes) is 1. The number of carboxylic acids is 2. The maximum Gasteiger partial charge on any atom is 0.335 e. The number of nitro benzene ring substituents is 1. The highest BCUT2D eigenvalue weighted by molar-refractivity contribution is 7.09. The summed E-state index contributed by atoms with van der Waals surface area (Å²) < 4.78 is 1.76. The minimum absolute atomic E-state index is 0.0625. The van der Waals surface area contributed by atoms with E-state index < -0.39 is 16.9 Å². The van der Waals surface area contributed by atoms with Gasteiger partial charge in [0.1, 0.15) is 5.82 Å². The van der Waals surface area contributed by atoms with Crippen LogP contribution in [0.25, 0.3) is 6.08 Å². The molecule has 0 radical (unpaired) electrons. The Bertz CT molecular complexity index is 1200. The molecule has 3 aromatic rings. The summed E-state index contributed by atoms with van der Waals surface area (Å²) >= 11 is 1.46. The molecule has 33 heavy (non-hydrogen) atoms. The normalized spacial score (nSPS) is 11.5. The number of aromatic nitrogens is 2. The number of rotatable bonds is 11. The predicted molar refractivity (Wildman–Crippen MR) is 124 cm³/mol. The van der Waals surface area contributed by atoms with Crippen LogP contribution in [-0.4, -0.2) is 36.6 Å². The van der Waals surface area contributed by atoms with Gasteiger partial charge in [0.25, 0.3) is 5.69 Å². The van der Waals surface area contributed by atoms with Crippen LogP contribution in [0, 0.1) is 10.1 Å². The number of nitro groups is 1. The first-order valence-electron chi connectivity index (χ1n) is 10.3. The fraction of sp³-hybridized carbons (Fsp3) is 0.261. The van der Waals surface area contributed by atoms with Crippen LogP contribution in [0.15, 0.2) is 47.5 Å². The summed E-state index contributed by atoms with van der Waals surface area (Å²) in [6, 6.07) is 7.49. The van der Waals surface area contributed by atoms with Crippen molar-refractivity contribution in [2.75, 3.05) is 0 Å². The summed E-state index contributed by atoms with van der Waals surface area (Å²) in [6.45, 7) is 2.10. The molecule has 0 aliphatic rings. The van der Waals surface area contributed by atoms with Gasteiger partial charge in [-0.25, -0.2) is 14.6 Å². The van der Waals surface area contributed by atoms with E-state index in [0.717, 1.165) is 23.8 Å². The number of thiophene rings is 1. The Morgan fingerprint density at radius 2 is 2.06 bits per heavy atom. The minimum atomic E-state index is -1.25. The van der Waals surface area contributed by atoms with Crippen LogP contribution in [0.1, 0.15) is 52.1 Å². The van der Waals surface area contributed by atoms with Crippen LogP contribution < -0.4 is 0 Å². The van der Waals surface area contributed by atoms with Crippen molar-refractivity contribution >= 4 is 35.0 Å².